The van der Waals surface area contributed by atoms with E-state index in [-0.39, 0.29) is 18.1 Å². The second-order valence-corrected chi connectivity index (χ2v) is 5.75. The average Bonchev–Trinajstić information content (AvgIpc) is 3.04. The summed E-state index contributed by atoms with van der Waals surface area (Å²) in [6.45, 7) is -0.318. The van der Waals surface area contributed by atoms with Crippen molar-refractivity contribution in [3.63, 3.8) is 0 Å². The number of H-pyrrole nitrogens is 1. The van der Waals surface area contributed by atoms with Gasteiger partial charge in [-0.15, -0.1) is 10.2 Å². The maximum Gasteiger partial charge on any atom is 0.283 e. The number of nitrogens with zero attached hydrogens (tertiary/aromatic N) is 2. The van der Waals surface area contributed by atoms with Crippen LogP contribution in [0.3, 0.4) is 0 Å². The summed E-state index contributed by atoms with van der Waals surface area (Å²) >= 11 is 0. The van der Waals surface area contributed by atoms with Gasteiger partial charge in [-0.1, -0.05) is 36.4 Å². The number of aromatic nitrogens is 1. The largest absolute Gasteiger partial charge is 0.496 e. The van der Waals surface area contributed by atoms with Gasteiger partial charge in [-0.2, -0.15) is 0 Å². The fourth-order valence-corrected chi connectivity index (χ4v) is 2.55. The Morgan fingerprint density at radius 1 is 1.18 bits per heavy atom. The van der Waals surface area contributed by atoms with Gasteiger partial charge in [0.2, 0.25) is 11.8 Å². The Morgan fingerprint density at radius 2 is 1.93 bits per heavy atom. The van der Waals surface area contributed by atoms with Crippen molar-refractivity contribution in [2.24, 2.45) is 10.2 Å². The number of nitrogens with one attached hydrogen (secondary N) is 2. The number of amides is 2. The van der Waals surface area contributed by atoms with Crippen molar-refractivity contribution >= 4 is 34.5 Å². The fourth-order valence-electron chi connectivity index (χ4n) is 2.55. The van der Waals surface area contributed by atoms with Crippen molar-refractivity contribution in [1.82, 2.24) is 10.3 Å². The highest BCUT2D eigenvalue weighted by atomic mass is 16.5. The summed E-state index contributed by atoms with van der Waals surface area (Å²) in [4.78, 5) is 26.5. The molecule has 0 aliphatic carbocycles. The highest BCUT2D eigenvalue weighted by molar-refractivity contribution is 5.96. The molecule has 0 bridgehead atoms. The molecule has 0 aliphatic heterocycles. The third-order valence-corrected chi connectivity index (χ3v) is 3.89. The normalized spacial score (nSPS) is 11.3. The van der Waals surface area contributed by atoms with Crippen LogP contribution in [0.25, 0.3) is 17.0 Å². The lowest BCUT2D eigenvalue weighted by Gasteiger charge is -2.03. The van der Waals surface area contributed by atoms with Crippen molar-refractivity contribution in [3.8, 4) is 11.6 Å². The van der Waals surface area contributed by atoms with Crippen LogP contribution in [0.1, 0.15) is 5.56 Å². The third-order valence-electron chi connectivity index (χ3n) is 3.89. The zero-order valence-electron chi connectivity index (χ0n) is 15.0. The van der Waals surface area contributed by atoms with Gasteiger partial charge in [0.1, 0.15) is 12.3 Å². The fraction of sp³-hybridized carbons (Fsp3) is 0.100. The number of rotatable bonds is 6. The van der Waals surface area contributed by atoms with Crippen molar-refractivity contribution in [3.05, 3.63) is 60.2 Å². The molecule has 1 aromatic heterocycles. The summed E-state index contributed by atoms with van der Waals surface area (Å²) in [6.07, 6.45) is 2.89. The highest BCUT2D eigenvalue weighted by Crippen LogP contribution is 2.35. The molecule has 0 saturated carbocycles. The minimum Gasteiger partial charge on any atom is -0.496 e. The van der Waals surface area contributed by atoms with Gasteiger partial charge < -0.3 is 20.1 Å². The molecule has 142 valence electrons. The number of hydrogen-bond acceptors (Lipinski definition) is 5. The molecule has 0 fully saturated rings. The number of carbonyl (C=O) groups is 2. The van der Waals surface area contributed by atoms with Crippen LogP contribution in [0.2, 0.25) is 0 Å². The zero-order chi connectivity index (χ0) is 19.9. The lowest BCUT2D eigenvalue weighted by Crippen LogP contribution is -2.26. The molecule has 2 amide bonds. The average molecular weight is 378 g/mol. The van der Waals surface area contributed by atoms with Crippen LogP contribution in [-0.2, 0) is 9.59 Å². The molecule has 0 radical (unpaired) electrons. The summed E-state index contributed by atoms with van der Waals surface area (Å²) in [5.74, 6) is -0.649. The van der Waals surface area contributed by atoms with Crippen LogP contribution in [0.4, 0.5) is 5.69 Å². The van der Waals surface area contributed by atoms with Gasteiger partial charge in [0.25, 0.3) is 5.91 Å². The molecular formula is C20H18N4O4. The van der Waals surface area contributed by atoms with Gasteiger partial charge in [0, 0.05) is 17.0 Å². The Morgan fingerprint density at radius 3 is 2.75 bits per heavy atom. The summed E-state index contributed by atoms with van der Waals surface area (Å²) in [5, 5.41) is 20.3. The molecule has 0 unspecified atom stereocenters. The molecule has 0 aliphatic rings. The van der Waals surface area contributed by atoms with E-state index in [9.17, 15) is 14.7 Å². The number of carbonyl (C=O) groups excluding carboxylic acids is 2. The summed E-state index contributed by atoms with van der Waals surface area (Å²) in [5.41, 5.74) is 1.59. The number of hydrogen-bond donors (Lipinski definition) is 3. The Bertz CT molecular complexity index is 1070. The first kappa shape index (κ1) is 18.8. The molecule has 0 atom stereocenters. The maximum absolute atomic E-state index is 11.9. The molecule has 8 nitrogen and oxygen atoms in total. The van der Waals surface area contributed by atoms with E-state index in [0.29, 0.717) is 16.7 Å². The predicted octanol–water partition coefficient (Wildman–Crippen LogP) is 3.32. The Kier molecular flexibility index (Phi) is 5.81. The standard InChI is InChI=1S/C20H18N4O4/c1-28-16-9-5-2-6-13(16)10-11-17(25)21-12-18(26)23-24-19-14-7-3-4-8-15(14)22-20(19)27/h2-11,22,27H,12H2,1H3,(H,21,25). The topological polar surface area (TPSA) is 116 Å². The molecule has 8 heteroatoms. The first-order chi connectivity index (χ1) is 13.6. The maximum atomic E-state index is 11.9. The molecule has 3 N–H and O–H groups in total. The number of methoxy groups -OCH3 is 1. The van der Waals surface area contributed by atoms with E-state index in [1.54, 1.807) is 49.6 Å². The number of ether oxygens (including phenoxy) is 1. The van der Waals surface area contributed by atoms with E-state index in [4.69, 9.17) is 4.74 Å². The number of aromatic amines is 1. The third kappa shape index (κ3) is 4.42. The van der Waals surface area contributed by atoms with Crippen LogP contribution < -0.4 is 10.1 Å². The molecule has 3 rings (SSSR count). The molecule has 1 heterocycles. The SMILES string of the molecule is COc1ccccc1C=CC(=O)NCC(=O)N=Nc1c(O)[nH]c2ccccc12. The van der Waals surface area contributed by atoms with Crippen molar-refractivity contribution in [2.45, 2.75) is 0 Å². The lowest BCUT2D eigenvalue weighted by molar-refractivity contribution is -0.122. The van der Waals surface area contributed by atoms with Crippen LogP contribution >= 0.6 is 0 Å². The second-order valence-electron chi connectivity index (χ2n) is 5.75. The van der Waals surface area contributed by atoms with E-state index in [0.717, 1.165) is 5.56 Å². The first-order valence-electron chi connectivity index (χ1n) is 8.41. The van der Waals surface area contributed by atoms with E-state index < -0.39 is 11.8 Å². The Labute approximate surface area is 160 Å². The molecule has 0 spiro atoms. The number of azo groups is 1. The van der Waals surface area contributed by atoms with Gasteiger partial charge in [0.15, 0.2) is 5.69 Å². The minimum absolute atomic E-state index is 0.173. The van der Waals surface area contributed by atoms with E-state index >= 15 is 0 Å². The van der Waals surface area contributed by atoms with Crippen LogP contribution in [-0.4, -0.2) is 35.6 Å². The summed E-state index contributed by atoms with van der Waals surface area (Å²) < 4.78 is 5.20. The van der Waals surface area contributed by atoms with Crippen molar-refractivity contribution in [1.29, 1.82) is 0 Å². The van der Waals surface area contributed by atoms with Crippen molar-refractivity contribution < 1.29 is 19.4 Å². The van der Waals surface area contributed by atoms with Crippen molar-refractivity contribution in [2.75, 3.05) is 13.7 Å². The second kappa shape index (κ2) is 8.63. The Hall–Kier alpha value is -3.94. The molecule has 3 aromatic rings. The van der Waals surface area contributed by atoms with E-state index in [1.807, 2.05) is 12.1 Å². The monoisotopic (exact) mass is 378 g/mol. The number of fused-ring (bicyclic) bond motifs is 1. The smallest absolute Gasteiger partial charge is 0.283 e. The predicted molar refractivity (Wildman–Crippen MR) is 105 cm³/mol. The number of aromatic hydroxyl groups is 1. The van der Waals surface area contributed by atoms with Gasteiger partial charge in [0.05, 0.1) is 12.6 Å². The summed E-state index contributed by atoms with van der Waals surface area (Å²) in [6, 6.07) is 14.3. The van der Waals surface area contributed by atoms with Crippen LogP contribution in [0.5, 0.6) is 11.6 Å². The quantitative estimate of drug-likeness (QED) is 0.451. The van der Waals surface area contributed by atoms with Crippen LogP contribution in [0, 0.1) is 0 Å². The van der Waals surface area contributed by atoms with E-state index in [1.165, 1.54) is 6.08 Å². The zero-order valence-corrected chi connectivity index (χ0v) is 15.0. The van der Waals surface area contributed by atoms with Gasteiger partial charge in [-0.25, -0.2) is 0 Å². The lowest BCUT2D eigenvalue weighted by atomic mass is 10.2. The first-order valence-corrected chi connectivity index (χ1v) is 8.41. The minimum atomic E-state index is -0.649. The molecule has 0 saturated heterocycles. The molecule has 28 heavy (non-hydrogen) atoms. The van der Waals surface area contributed by atoms with E-state index in [2.05, 4.69) is 20.5 Å². The Balaban J connectivity index is 1.58. The summed E-state index contributed by atoms with van der Waals surface area (Å²) in [7, 11) is 1.54. The van der Waals surface area contributed by atoms with Gasteiger partial charge in [-0.3, -0.25) is 9.59 Å². The highest BCUT2D eigenvalue weighted by Gasteiger charge is 2.10. The van der Waals surface area contributed by atoms with Gasteiger partial charge in [-0.05, 0) is 18.2 Å². The van der Waals surface area contributed by atoms with Crippen LogP contribution in [0.15, 0.2) is 64.8 Å². The molecular weight excluding hydrogens is 360 g/mol. The number of para-hydroxylation sites is 2. The van der Waals surface area contributed by atoms with Gasteiger partial charge >= 0.3 is 0 Å². The number of benzene rings is 2. The molecule has 2 aromatic carbocycles.